The van der Waals surface area contributed by atoms with E-state index in [9.17, 15) is 0 Å². The van der Waals surface area contributed by atoms with E-state index in [2.05, 4.69) is 39.2 Å². The second-order valence-corrected chi connectivity index (χ2v) is 3.05. The van der Waals surface area contributed by atoms with Gasteiger partial charge in [0, 0.05) is 17.4 Å². The van der Waals surface area contributed by atoms with E-state index in [1.807, 2.05) is 6.08 Å². The van der Waals surface area contributed by atoms with Crippen LogP contribution in [0.4, 0.5) is 0 Å². The van der Waals surface area contributed by atoms with Gasteiger partial charge in [-0.15, -0.1) is 0 Å². The molecule has 1 aliphatic carbocycles. The van der Waals surface area contributed by atoms with Gasteiger partial charge in [0.15, 0.2) is 0 Å². The fourth-order valence-corrected chi connectivity index (χ4v) is 1.37. The largest absolute Gasteiger partial charge is 0 e. The van der Waals surface area contributed by atoms with Crippen LogP contribution < -0.4 is 0 Å². The zero-order chi connectivity index (χ0) is 6.69. The van der Waals surface area contributed by atoms with Gasteiger partial charge in [0.2, 0.25) is 0 Å². The molecule has 2 heteroatoms. The molecular formula is C8H9AlTi. The monoisotopic (exact) mass is 180 g/mol. The van der Waals surface area contributed by atoms with Crippen molar-refractivity contribution in [2.45, 2.75) is 12.8 Å². The predicted molar refractivity (Wildman–Crippen MR) is 41.4 cm³/mol. The summed E-state index contributed by atoms with van der Waals surface area (Å²) in [6.45, 7) is 3.69. The normalized spacial score (nSPS) is 15.1. The molecule has 0 fully saturated rings. The van der Waals surface area contributed by atoms with Crippen LogP contribution in [0.5, 0.6) is 0 Å². The van der Waals surface area contributed by atoms with Crippen LogP contribution in [0.2, 0.25) is 0 Å². The molecule has 0 aromatic heterocycles. The van der Waals surface area contributed by atoms with Gasteiger partial charge in [-0.2, -0.15) is 0 Å². The summed E-state index contributed by atoms with van der Waals surface area (Å²) in [4.78, 5) is 0. The molecule has 0 aromatic carbocycles. The quantitative estimate of drug-likeness (QED) is 0.450. The van der Waals surface area contributed by atoms with E-state index in [1.54, 1.807) is 0 Å². The summed E-state index contributed by atoms with van der Waals surface area (Å²) in [6, 6.07) is 0. The van der Waals surface area contributed by atoms with Gasteiger partial charge in [-0.05, 0) is 0 Å². The Balaban J connectivity index is 0.000000810. The molecule has 1 rings (SSSR count). The molecular weight excluding hydrogens is 171 g/mol. The minimum atomic E-state index is 0. The van der Waals surface area contributed by atoms with Crippen LogP contribution in [0.1, 0.15) is 12.8 Å². The third kappa shape index (κ3) is 2.60. The van der Waals surface area contributed by atoms with Crippen molar-refractivity contribution >= 4 is 17.4 Å². The number of rotatable bonds is 2. The zero-order valence-electron chi connectivity index (χ0n) is 5.93. The van der Waals surface area contributed by atoms with Crippen molar-refractivity contribution in [2.24, 2.45) is 0 Å². The van der Waals surface area contributed by atoms with Crippen molar-refractivity contribution < 1.29 is 20.4 Å². The minimum absolute atomic E-state index is 0. The Labute approximate surface area is 84.6 Å². The molecule has 0 nitrogen and oxygen atoms in total. The zero-order valence-corrected chi connectivity index (χ0v) is 8.65. The molecule has 1 aliphatic rings. The molecule has 0 aromatic rings. The molecule has 0 aliphatic heterocycles. The van der Waals surface area contributed by atoms with Gasteiger partial charge in [-0.3, -0.25) is 0 Å². The number of hydrogen-bond acceptors (Lipinski definition) is 0. The first kappa shape index (κ1) is 10.5. The Hall–Kier alpha value is 0.467. The Bertz CT molecular complexity index is 180. The van der Waals surface area contributed by atoms with E-state index in [-0.39, 0.29) is 17.4 Å². The summed E-state index contributed by atoms with van der Waals surface area (Å²) in [5.74, 6) is 0. The summed E-state index contributed by atoms with van der Waals surface area (Å²) < 4.78 is 1.50. The molecule has 10 heavy (non-hydrogen) atoms. The molecule has 0 unspecified atom stereocenters. The third-order valence-electron chi connectivity index (χ3n) is 1.39. The van der Waals surface area contributed by atoms with Crippen molar-refractivity contribution in [3.63, 3.8) is 0 Å². The van der Waals surface area contributed by atoms with Crippen LogP contribution in [0.3, 0.4) is 0 Å². The topological polar surface area (TPSA) is 0 Å². The smallest absolute Gasteiger partial charge is 0 e. The second-order valence-electron chi connectivity index (χ2n) is 2.10. The van der Waals surface area contributed by atoms with Gasteiger partial charge in [-0.1, -0.05) is 0 Å². The summed E-state index contributed by atoms with van der Waals surface area (Å²) >= 11 is 2.18. The van der Waals surface area contributed by atoms with Crippen molar-refractivity contribution in [3.8, 4) is 0 Å². The van der Waals surface area contributed by atoms with E-state index in [0.29, 0.717) is 0 Å². The fraction of sp³-hybridized carbons (Fsp3) is 0.250. The molecule has 0 atom stereocenters. The third-order valence-corrected chi connectivity index (χ3v) is 2.21. The molecule has 0 N–H and O–H groups in total. The van der Waals surface area contributed by atoms with E-state index < -0.39 is 0 Å². The van der Waals surface area contributed by atoms with Gasteiger partial charge in [-0.25, -0.2) is 0 Å². The van der Waals surface area contributed by atoms with Crippen LogP contribution in [-0.4, -0.2) is 17.4 Å². The standard InChI is InChI=1S/C8H9.Al.Ti/c1-2-5-8-6-3-4-7-8;;/h2-3,6H,1,4-5H2;;. The molecule has 48 valence electrons. The maximum atomic E-state index is 3.69. The number of allylic oxidation sites excluding steroid dienone is 5. The maximum absolute atomic E-state index is 3.69. The predicted octanol–water partition coefficient (Wildman–Crippen LogP) is 1.94. The van der Waals surface area contributed by atoms with E-state index in [1.165, 1.54) is 9.45 Å². The summed E-state index contributed by atoms with van der Waals surface area (Å²) in [6.07, 6.45) is 8.52. The van der Waals surface area contributed by atoms with Gasteiger partial charge < -0.3 is 0 Å². The van der Waals surface area contributed by atoms with Crippen LogP contribution in [0, 0.1) is 0 Å². The molecule has 0 amide bonds. The summed E-state index contributed by atoms with van der Waals surface area (Å²) in [5, 5.41) is 0. The van der Waals surface area contributed by atoms with Gasteiger partial charge in [0.1, 0.15) is 0 Å². The SMILES string of the molecule is C=CCC1=[C]([Ti])CC=C1.[Al]. The first-order valence-corrected chi connectivity index (χ1v) is 3.83. The van der Waals surface area contributed by atoms with Crippen molar-refractivity contribution in [3.05, 3.63) is 34.3 Å². The molecule has 0 bridgehead atoms. The number of hydrogen-bond donors (Lipinski definition) is 0. The molecule has 0 saturated heterocycles. The Morgan fingerprint density at radius 2 is 2.40 bits per heavy atom. The van der Waals surface area contributed by atoms with Gasteiger partial charge >= 0.3 is 67.5 Å². The van der Waals surface area contributed by atoms with E-state index >= 15 is 0 Å². The van der Waals surface area contributed by atoms with Crippen molar-refractivity contribution in [1.29, 1.82) is 0 Å². The summed E-state index contributed by atoms with van der Waals surface area (Å²) in [7, 11) is 0. The molecule has 0 saturated carbocycles. The van der Waals surface area contributed by atoms with Crippen molar-refractivity contribution in [2.75, 3.05) is 0 Å². The van der Waals surface area contributed by atoms with E-state index in [4.69, 9.17) is 0 Å². The van der Waals surface area contributed by atoms with Gasteiger partial charge in [0.25, 0.3) is 0 Å². The average molecular weight is 180 g/mol. The van der Waals surface area contributed by atoms with Crippen molar-refractivity contribution in [1.82, 2.24) is 0 Å². The van der Waals surface area contributed by atoms with Crippen LogP contribution in [-0.2, 0) is 20.4 Å². The first-order chi connectivity index (χ1) is 4.34. The molecule has 0 spiro atoms. The van der Waals surface area contributed by atoms with E-state index in [0.717, 1.165) is 12.8 Å². The van der Waals surface area contributed by atoms with Crippen LogP contribution in [0.25, 0.3) is 0 Å². The van der Waals surface area contributed by atoms with Crippen LogP contribution >= 0.6 is 0 Å². The van der Waals surface area contributed by atoms with Crippen LogP contribution in [0.15, 0.2) is 34.3 Å². The Kier molecular flexibility index (Phi) is 5.40. The first-order valence-electron chi connectivity index (χ1n) is 3.05. The maximum Gasteiger partial charge on any atom is 0 e. The summed E-state index contributed by atoms with van der Waals surface area (Å²) in [5.41, 5.74) is 1.45. The molecule has 3 radical (unpaired) electrons. The Morgan fingerprint density at radius 3 is 2.80 bits per heavy atom. The van der Waals surface area contributed by atoms with Gasteiger partial charge in [0.05, 0.1) is 0 Å². The second kappa shape index (κ2) is 5.16. The molecule has 0 heterocycles. The Morgan fingerprint density at radius 1 is 1.70 bits per heavy atom. The minimum Gasteiger partial charge on any atom is 0 e. The fourth-order valence-electron chi connectivity index (χ4n) is 0.897. The average Bonchev–Trinajstić information content (AvgIpc) is 2.18.